The highest BCUT2D eigenvalue weighted by molar-refractivity contribution is 5.88. The molecule has 0 unspecified atom stereocenters. The van der Waals surface area contributed by atoms with Crippen LogP contribution in [0.2, 0.25) is 0 Å². The number of aromatic amines is 1. The van der Waals surface area contributed by atoms with Crippen LogP contribution in [-0.2, 0) is 25.7 Å². The molecule has 3 aromatic rings. The zero-order valence-corrected chi connectivity index (χ0v) is 21.2. The van der Waals surface area contributed by atoms with E-state index in [-0.39, 0.29) is 19.5 Å². The van der Waals surface area contributed by atoms with Crippen molar-refractivity contribution < 1.29 is 38.8 Å². The second-order valence-electron chi connectivity index (χ2n) is 9.17. The first-order chi connectivity index (χ1) is 19.5. The van der Waals surface area contributed by atoms with Crippen molar-refractivity contribution in [3.8, 4) is 11.3 Å². The van der Waals surface area contributed by atoms with Gasteiger partial charge in [0.1, 0.15) is 42.4 Å². The highest BCUT2D eigenvalue weighted by Crippen LogP contribution is 2.27. The van der Waals surface area contributed by atoms with E-state index in [4.69, 9.17) is 9.84 Å². The molecule has 6 N–H and O–H groups in total. The Labute approximate surface area is 229 Å². The van der Waals surface area contributed by atoms with E-state index in [1.54, 1.807) is 6.07 Å². The van der Waals surface area contributed by atoms with Gasteiger partial charge in [0.2, 0.25) is 11.8 Å². The maximum Gasteiger partial charge on any atom is 0.330 e. The number of amides is 2. The Morgan fingerprint density at radius 2 is 1.95 bits per heavy atom. The van der Waals surface area contributed by atoms with Gasteiger partial charge in [-0.2, -0.15) is 0 Å². The smallest absolute Gasteiger partial charge is 0.330 e. The minimum Gasteiger partial charge on any atom is -0.481 e. The zero-order chi connectivity index (χ0) is 29.7. The minimum atomic E-state index is -1.58. The number of H-pyrrole nitrogens is 1. The maximum absolute atomic E-state index is 13.5. The molecule has 3 heterocycles. The van der Waals surface area contributed by atoms with Gasteiger partial charge >= 0.3 is 11.7 Å². The number of nitrogens with zero attached hydrogens (tertiary/aromatic N) is 4. The van der Waals surface area contributed by atoms with Crippen LogP contribution in [0.4, 0.5) is 4.39 Å². The first-order valence-corrected chi connectivity index (χ1v) is 12.3. The van der Waals surface area contributed by atoms with Crippen LogP contribution in [0.3, 0.4) is 0 Å². The van der Waals surface area contributed by atoms with Gasteiger partial charge in [0.15, 0.2) is 6.23 Å². The molecule has 1 aliphatic heterocycles. The molecule has 1 aliphatic rings. The minimum absolute atomic E-state index is 0.273. The molecule has 0 saturated carbocycles. The molecule has 0 radical (unpaired) electrons. The number of benzene rings is 1. The van der Waals surface area contributed by atoms with Gasteiger partial charge in [-0.25, -0.2) is 13.9 Å². The van der Waals surface area contributed by atoms with Crippen LogP contribution < -0.4 is 21.9 Å². The fraction of sp³-hybridized carbons (Fsp3) is 0.375. The van der Waals surface area contributed by atoms with E-state index in [0.717, 1.165) is 21.5 Å². The zero-order valence-electron chi connectivity index (χ0n) is 21.2. The average molecular weight is 576 g/mol. The summed E-state index contributed by atoms with van der Waals surface area (Å²) in [5.74, 6) is -3.18. The molecule has 1 fully saturated rings. The number of halogens is 1. The molecule has 218 valence electrons. The quantitative estimate of drug-likeness (QED) is 0.143. The third-order valence-electron chi connectivity index (χ3n) is 6.20. The molecule has 4 rings (SSSR count). The van der Waals surface area contributed by atoms with Gasteiger partial charge in [0.05, 0.1) is 6.20 Å². The predicted octanol–water partition coefficient (Wildman–Crippen LogP) is -2.28. The number of hydrogen-bond donors (Lipinski definition) is 6. The number of carbonyl (C=O) groups is 3. The second-order valence-corrected chi connectivity index (χ2v) is 9.17. The Morgan fingerprint density at radius 1 is 1.17 bits per heavy atom. The Kier molecular flexibility index (Phi) is 9.00. The normalized spacial score (nSPS) is 20.9. The van der Waals surface area contributed by atoms with Crippen LogP contribution in [0.5, 0.6) is 0 Å². The van der Waals surface area contributed by atoms with Gasteiger partial charge in [0.25, 0.3) is 5.56 Å². The summed E-state index contributed by atoms with van der Waals surface area (Å²) in [6.45, 7) is -0.753. The van der Waals surface area contributed by atoms with Crippen molar-refractivity contribution >= 4 is 17.8 Å². The molecule has 2 aromatic heterocycles. The summed E-state index contributed by atoms with van der Waals surface area (Å²) in [6, 6.07) is 5.32. The monoisotopic (exact) mass is 575 g/mol. The van der Waals surface area contributed by atoms with Crippen molar-refractivity contribution in [3.05, 3.63) is 69.4 Å². The number of carboxylic acids is 1. The highest BCUT2D eigenvalue weighted by atomic mass is 19.1. The lowest BCUT2D eigenvalue weighted by Crippen LogP contribution is -2.50. The molecule has 0 aliphatic carbocycles. The Bertz CT molecular complexity index is 1540. The standard InChI is InChI=1S/C24H26FN7O9/c25-13-3-1-2-12(8-13)15-10-31(30-29-15)11-18(34)27-14(4-5-19(35)36)22(39)26-9-16-20(37)21(38)23(41-16)32-7-6-17(33)28-24(32)40/h1-3,6-8,10,14,16,20-21,23,37-38H,4-5,9,11H2,(H,26,39)(H,27,34)(H,35,36)(H,28,33,40)/t14-,16+,20+,21+,23+/m0/s1. The van der Waals surface area contributed by atoms with E-state index in [1.807, 2.05) is 4.98 Å². The Hall–Kier alpha value is -4.74. The lowest BCUT2D eigenvalue weighted by Gasteiger charge is -2.20. The lowest BCUT2D eigenvalue weighted by molar-refractivity contribution is -0.138. The number of aromatic nitrogens is 5. The Morgan fingerprint density at radius 3 is 2.66 bits per heavy atom. The predicted molar refractivity (Wildman–Crippen MR) is 134 cm³/mol. The topological polar surface area (TPSA) is 231 Å². The molecular formula is C24H26FN7O9. The number of carbonyl (C=O) groups excluding carboxylic acids is 2. The van der Waals surface area contributed by atoms with Crippen LogP contribution >= 0.6 is 0 Å². The van der Waals surface area contributed by atoms with E-state index < -0.39 is 71.9 Å². The third kappa shape index (κ3) is 7.27. The number of nitrogens with one attached hydrogen (secondary N) is 3. The first kappa shape index (κ1) is 29.2. The third-order valence-corrected chi connectivity index (χ3v) is 6.20. The number of ether oxygens (including phenoxy) is 1. The Balaban J connectivity index is 1.37. The molecule has 16 nitrogen and oxygen atoms in total. The SMILES string of the molecule is O=C(O)CC[C@H](NC(=O)Cn1cc(-c2cccc(F)c2)nn1)C(=O)NC[C@H]1O[C@@H](n2ccc(=O)[nH]c2=O)[C@H](O)[C@@H]1O. The van der Waals surface area contributed by atoms with Gasteiger partial charge in [0, 0.05) is 30.8 Å². The van der Waals surface area contributed by atoms with Gasteiger partial charge in [-0.15, -0.1) is 5.10 Å². The van der Waals surface area contributed by atoms with Crippen molar-refractivity contribution in [2.75, 3.05) is 6.54 Å². The summed E-state index contributed by atoms with van der Waals surface area (Å²) < 4.78 is 21.0. The van der Waals surface area contributed by atoms with Crippen LogP contribution in [0.15, 0.2) is 52.3 Å². The molecule has 0 bridgehead atoms. The number of hydrogen-bond acceptors (Lipinski definition) is 10. The van der Waals surface area contributed by atoms with Gasteiger partial charge in [-0.3, -0.25) is 28.7 Å². The number of aliphatic hydroxyl groups is 2. The number of rotatable bonds is 11. The summed E-state index contributed by atoms with van der Waals surface area (Å²) in [7, 11) is 0. The van der Waals surface area contributed by atoms with Crippen LogP contribution in [0.1, 0.15) is 19.1 Å². The van der Waals surface area contributed by atoms with Crippen LogP contribution in [0.25, 0.3) is 11.3 Å². The second kappa shape index (κ2) is 12.6. The fourth-order valence-electron chi connectivity index (χ4n) is 4.16. The maximum atomic E-state index is 13.5. The fourth-order valence-corrected chi connectivity index (χ4v) is 4.16. The molecule has 0 spiro atoms. The summed E-state index contributed by atoms with van der Waals surface area (Å²) >= 11 is 0. The van der Waals surface area contributed by atoms with Gasteiger partial charge in [-0.1, -0.05) is 17.3 Å². The van der Waals surface area contributed by atoms with E-state index in [0.29, 0.717) is 11.3 Å². The summed E-state index contributed by atoms with van der Waals surface area (Å²) in [4.78, 5) is 62.0. The van der Waals surface area contributed by atoms with Crippen molar-refractivity contribution in [2.45, 2.75) is 50.0 Å². The average Bonchev–Trinajstić information content (AvgIpc) is 3.49. The molecule has 5 atom stereocenters. The van der Waals surface area contributed by atoms with Crippen molar-refractivity contribution in [2.24, 2.45) is 0 Å². The summed E-state index contributed by atoms with van der Waals surface area (Å²) in [5.41, 5.74) is -0.819. The highest BCUT2D eigenvalue weighted by Gasteiger charge is 2.44. The molecule has 41 heavy (non-hydrogen) atoms. The molecule has 1 aromatic carbocycles. The van der Waals surface area contributed by atoms with Crippen molar-refractivity contribution in [3.63, 3.8) is 0 Å². The van der Waals surface area contributed by atoms with E-state index >= 15 is 0 Å². The van der Waals surface area contributed by atoms with E-state index in [9.17, 15) is 38.6 Å². The lowest BCUT2D eigenvalue weighted by atomic mass is 10.1. The first-order valence-electron chi connectivity index (χ1n) is 12.3. The van der Waals surface area contributed by atoms with E-state index in [1.165, 1.54) is 24.4 Å². The summed E-state index contributed by atoms with van der Waals surface area (Å²) in [6.07, 6.45) is -3.92. The number of aliphatic carboxylic acids is 1. The molecule has 1 saturated heterocycles. The van der Waals surface area contributed by atoms with Crippen molar-refractivity contribution in [1.82, 2.24) is 35.2 Å². The molecular weight excluding hydrogens is 549 g/mol. The van der Waals surface area contributed by atoms with Gasteiger partial charge in [-0.05, 0) is 18.6 Å². The largest absolute Gasteiger partial charge is 0.481 e. The van der Waals surface area contributed by atoms with Crippen LogP contribution in [0, 0.1) is 5.82 Å². The van der Waals surface area contributed by atoms with Crippen LogP contribution in [-0.4, -0.2) is 88.5 Å². The van der Waals surface area contributed by atoms with Crippen molar-refractivity contribution in [1.29, 1.82) is 0 Å². The van der Waals surface area contributed by atoms with E-state index in [2.05, 4.69) is 20.9 Å². The molecule has 2 amide bonds. The summed E-state index contributed by atoms with van der Waals surface area (Å²) in [5, 5.41) is 42.4. The number of aliphatic hydroxyl groups excluding tert-OH is 2. The molecule has 17 heteroatoms. The van der Waals surface area contributed by atoms with Gasteiger partial charge < -0.3 is 30.7 Å². The number of carboxylic acid groups (broad SMARTS) is 1.